The molecule has 0 saturated carbocycles. The van der Waals surface area contributed by atoms with Gasteiger partial charge in [-0.3, -0.25) is 9.59 Å². The Morgan fingerprint density at radius 2 is 1.65 bits per heavy atom. The molecule has 0 unspecified atom stereocenters. The third-order valence-corrected chi connectivity index (χ3v) is 5.62. The summed E-state index contributed by atoms with van der Waals surface area (Å²) in [5, 5.41) is 3.21. The molecule has 0 bridgehead atoms. The molecule has 1 aliphatic rings. The molecule has 174 valence electrons. The lowest BCUT2D eigenvalue weighted by Crippen LogP contribution is -2.32. The molecule has 1 N–H and O–H groups in total. The van der Waals surface area contributed by atoms with Crippen molar-refractivity contribution in [2.24, 2.45) is 0 Å². The molecule has 1 aliphatic heterocycles. The summed E-state index contributed by atoms with van der Waals surface area (Å²) in [7, 11) is 1.55. The van der Waals surface area contributed by atoms with Crippen molar-refractivity contribution in [3.8, 4) is 11.5 Å². The SMILES string of the molecule is CCCOc1cccc(NC2=C(c3ccc(C)cc3C)C(=O)N(c3cccc(OC)c3)C2=O)c1. The van der Waals surface area contributed by atoms with Gasteiger partial charge in [0.15, 0.2) is 0 Å². The van der Waals surface area contributed by atoms with Crippen LogP contribution in [0.2, 0.25) is 0 Å². The first-order chi connectivity index (χ1) is 16.4. The van der Waals surface area contributed by atoms with Crippen LogP contribution in [0.5, 0.6) is 11.5 Å². The van der Waals surface area contributed by atoms with E-state index in [4.69, 9.17) is 9.47 Å². The minimum absolute atomic E-state index is 0.229. The number of hydrogen-bond donors (Lipinski definition) is 1. The first kappa shape index (κ1) is 23.1. The van der Waals surface area contributed by atoms with Crippen LogP contribution in [-0.4, -0.2) is 25.5 Å². The number of methoxy groups -OCH3 is 1. The fraction of sp³-hybridized carbons (Fsp3) is 0.214. The molecule has 3 aromatic rings. The van der Waals surface area contributed by atoms with E-state index in [-0.39, 0.29) is 11.6 Å². The van der Waals surface area contributed by atoms with Crippen LogP contribution in [0.1, 0.15) is 30.0 Å². The number of carbonyl (C=O) groups is 2. The summed E-state index contributed by atoms with van der Waals surface area (Å²) in [5.74, 6) is 0.453. The van der Waals surface area contributed by atoms with Gasteiger partial charge in [-0.25, -0.2) is 4.90 Å². The van der Waals surface area contributed by atoms with Crippen molar-refractivity contribution in [1.82, 2.24) is 0 Å². The zero-order valence-electron chi connectivity index (χ0n) is 19.8. The van der Waals surface area contributed by atoms with Crippen LogP contribution in [-0.2, 0) is 9.59 Å². The second-order valence-corrected chi connectivity index (χ2v) is 8.22. The molecule has 0 saturated heterocycles. The molecule has 4 rings (SSSR count). The highest BCUT2D eigenvalue weighted by Crippen LogP contribution is 2.36. The van der Waals surface area contributed by atoms with Crippen LogP contribution < -0.4 is 19.7 Å². The lowest BCUT2D eigenvalue weighted by Gasteiger charge is -2.16. The van der Waals surface area contributed by atoms with E-state index < -0.39 is 5.91 Å². The van der Waals surface area contributed by atoms with Crippen LogP contribution in [0.3, 0.4) is 0 Å². The van der Waals surface area contributed by atoms with Crippen LogP contribution in [0.4, 0.5) is 11.4 Å². The largest absolute Gasteiger partial charge is 0.497 e. The van der Waals surface area contributed by atoms with E-state index in [9.17, 15) is 9.59 Å². The third-order valence-electron chi connectivity index (χ3n) is 5.62. The Morgan fingerprint density at radius 3 is 2.38 bits per heavy atom. The summed E-state index contributed by atoms with van der Waals surface area (Å²) in [6.07, 6.45) is 0.891. The van der Waals surface area contributed by atoms with Crippen molar-refractivity contribution in [3.63, 3.8) is 0 Å². The topological polar surface area (TPSA) is 67.9 Å². The number of rotatable bonds is 8. The Labute approximate surface area is 199 Å². The third kappa shape index (κ3) is 4.53. The van der Waals surface area contributed by atoms with Gasteiger partial charge >= 0.3 is 0 Å². The van der Waals surface area contributed by atoms with E-state index in [0.717, 1.165) is 23.1 Å². The summed E-state index contributed by atoms with van der Waals surface area (Å²) >= 11 is 0. The van der Waals surface area contributed by atoms with Gasteiger partial charge in [0.1, 0.15) is 17.2 Å². The summed E-state index contributed by atoms with van der Waals surface area (Å²) in [4.78, 5) is 28.5. The van der Waals surface area contributed by atoms with E-state index in [1.165, 1.54) is 4.90 Å². The molecular formula is C28H28N2O4. The molecule has 0 fully saturated rings. The predicted molar refractivity (Wildman–Crippen MR) is 134 cm³/mol. The maximum absolute atomic E-state index is 13.7. The van der Waals surface area contributed by atoms with Gasteiger partial charge in [-0.05, 0) is 55.7 Å². The summed E-state index contributed by atoms with van der Waals surface area (Å²) < 4.78 is 11.0. The molecule has 0 atom stereocenters. The van der Waals surface area contributed by atoms with E-state index in [1.807, 2.05) is 63.2 Å². The normalized spacial score (nSPS) is 13.5. The van der Waals surface area contributed by atoms with Gasteiger partial charge in [-0.1, -0.05) is 42.8 Å². The minimum Gasteiger partial charge on any atom is -0.497 e. The Kier molecular flexibility index (Phi) is 6.68. The lowest BCUT2D eigenvalue weighted by molar-refractivity contribution is -0.120. The van der Waals surface area contributed by atoms with E-state index >= 15 is 0 Å². The van der Waals surface area contributed by atoms with Crippen molar-refractivity contribution in [2.75, 3.05) is 23.9 Å². The van der Waals surface area contributed by atoms with Crippen molar-refractivity contribution in [1.29, 1.82) is 0 Å². The number of anilines is 2. The molecule has 0 aromatic heterocycles. The number of hydrogen-bond acceptors (Lipinski definition) is 5. The molecule has 6 nitrogen and oxygen atoms in total. The number of aryl methyl sites for hydroxylation is 2. The maximum atomic E-state index is 13.7. The van der Waals surface area contributed by atoms with Gasteiger partial charge in [0.25, 0.3) is 11.8 Å². The van der Waals surface area contributed by atoms with E-state index in [2.05, 4.69) is 5.32 Å². The van der Waals surface area contributed by atoms with Crippen molar-refractivity contribution in [2.45, 2.75) is 27.2 Å². The number of nitrogens with zero attached hydrogens (tertiary/aromatic N) is 1. The van der Waals surface area contributed by atoms with Crippen LogP contribution >= 0.6 is 0 Å². The number of amides is 2. The fourth-order valence-corrected chi connectivity index (χ4v) is 4.00. The van der Waals surface area contributed by atoms with Gasteiger partial charge < -0.3 is 14.8 Å². The number of carbonyl (C=O) groups excluding carboxylic acids is 2. The Morgan fingerprint density at radius 1 is 0.882 bits per heavy atom. The standard InChI is InChI=1S/C28H28N2O4/c1-5-14-34-23-11-6-8-20(16-23)29-26-25(24-13-12-18(2)15-19(24)3)27(31)30(28(26)32)21-9-7-10-22(17-21)33-4/h6-13,15-17,29H,5,14H2,1-4H3. The second-order valence-electron chi connectivity index (χ2n) is 8.22. The number of imide groups is 1. The quantitative estimate of drug-likeness (QED) is 0.454. The molecular weight excluding hydrogens is 428 g/mol. The maximum Gasteiger partial charge on any atom is 0.282 e. The predicted octanol–water partition coefficient (Wildman–Crippen LogP) is 5.50. The molecule has 6 heteroatoms. The van der Waals surface area contributed by atoms with E-state index in [0.29, 0.717) is 35.1 Å². The Hall–Kier alpha value is -4.06. The average molecular weight is 457 g/mol. The summed E-state index contributed by atoms with van der Waals surface area (Å²) in [5.41, 5.74) is 4.40. The van der Waals surface area contributed by atoms with Crippen LogP contribution in [0, 0.1) is 13.8 Å². The monoisotopic (exact) mass is 456 g/mol. The highest BCUT2D eigenvalue weighted by Gasteiger charge is 2.41. The molecule has 2 amide bonds. The van der Waals surface area contributed by atoms with Gasteiger partial charge in [0, 0.05) is 17.8 Å². The first-order valence-electron chi connectivity index (χ1n) is 11.3. The van der Waals surface area contributed by atoms with Gasteiger partial charge in [-0.2, -0.15) is 0 Å². The van der Waals surface area contributed by atoms with Gasteiger partial charge in [-0.15, -0.1) is 0 Å². The molecule has 34 heavy (non-hydrogen) atoms. The molecule has 0 spiro atoms. The van der Waals surface area contributed by atoms with Crippen molar-refractivity contribution in [3.05, 3.63) is 89.1 Å². The molecule has 3 aromatic carbocycles. The van der Waals surface area contributed by atoms with Crippen molar-refractivity contribution < 1.29 is 19.1 Å². The number of benzene rings is 3. The summed E-state index contributed by atoms with van der Waals surface area (Å²) in [6.45, 7) is 6.58. The molecule has 0 aliphatic carbocycles. The minimum atomic E-state index is -0.423. The molecule has 0 radical (unpaired) electrons. The highest BCUT2D eigenvalue weighted by atomic mass is 16.5. The lowest BCUT2D eigenvalue weighted by atomic mass is 9.97. The fourth-order valence-electron chi connectivity index (χ4n) is 4.00. The first-order valence-corrected chi connectivity index (χ1v) is 11.3. The van der Waals surface area contributed by atoms with E-state index in [1.54, 1.807) is 31.4 Å². The smallest absolute Gasteiger partial charge is 0.282 e. The van der Waals surface area contributed by atoms with Gasteiger partial charge in [0.2, 0.25) is 0 Å². The average Bonchev–Trinajstić information content (AvgIpc) is 3.07. The number of ether oxygens (including phenoxy) is 2. The highest BCUT2D eigenvalue weighted by molar-refractivity contribution is 6.46. The zero-order valence-corrected chi connectivity index (χ0v) is 19.8. The van der Waals surface area contributed by atoms with Gasteiger partial charge in [0.05, 0.1) is 25.0 Å². The number of nitrogens with one attached hydrogen (secondary N) is 1. The van der Waals surface area contributed by atoms with Crippen molar-refractivity contribution >= 4 is 28.8 Å². The Bertz CT molecular complexity index is 1280. The summed E-state index contributed by atoms with van der Waals surface area (Å²) in [6, 6.07) is 20.2. The van der Waals surface area contributed by atoms with Crippen LogP contribution in [0.25, 0.3) is 5.57 Å². The zero-order chi connectivity index (χ0) is 24.2. The van der Waals surface area contributed by atoms with Crippen LogP contribution in [0.15, 0.2) is 72.4 Å². The molecule has 1 heterocycles. The Balaban J connectivity index is 1.80. The second kappa shape index (κ2) is 9.83.